The fourth-order valence-corrected chi connectivity index (χ4v) is 2.51. The number of alkyl halides is 2. The quantitative estimate of drug-likeness (QED) is 0.837. The molecule has 0 radical (unpaired) electrons. The molecule has 0 saturated carbocycles. The standard InChI is InChI=1S/C15H21F2NO3/c1-10-11(2)20-8-7-18(10)9-12-5-4-6-13(19-3)14(12)21-15(16)17/h4-6,10-11,15H,7-9H2,1-3H3/t10-,11+/m1/s1. The van der Waals surface area contributed by atoms with E-state index < -0.39 is 6.61 Å². The molecule has 1 heterocycles. The topological polar surface area (TPSA) is 30.9 Å². The van der Waals surface area contributed by atoms with Gasteiger partial charge in [0, 0.05) is 24.7 Å². The first kappa shape index (κ1) is 16.0. The van der Waals surface area contributed by atoms with Crippen LogP contribution in [0.3, 0.4) is 0 Å². The summed E-state index contributed by atoms with van der Waals surface area (Å²) in [6, 6.07) is 5.39. The fourth-order valence-electron chi connectivity index (χ4n) is 2.51. The zero-order valence-electron chi connectivity index (χ0n) is 12.5. The first-order valence-electron chi connectivity index (χ1n) is 6.99. The Morgan fingerprint density at radius 1 is 1.38 bits per heavy atom. The molecule has 2 rings (SSSR count). The smallest absolute Gasteiger partial charge is 0.387 e. The van der Waals surface area contributed by atoms with Gasteiger partial charge in [0.2, 0.25) is 0 Å². The first-order chi connectivity index (χ1) is 10.0. The van der Waals surface area contributed by atoms with Crippen LogP contribution in [0.1, 0.15) is 19.4 Å². The lowest BCUT2D eigenvalue weighted by Crippen LogP contribution is -2.47. The van der Waals surface area contributed by atoms with E-state index in [0.717, 1.165) is 6.54 Å². The maximum atomic E-state index is 12.6. The number of benzene rings is 1. The number of hydrogen-bond acceptors (Lipinski definition) is 4. The fraction of sp³-hybridized carbons (Fsp3) is 0.600. The van der Waals surface area contributed by atoms with E-state index in [1.165, 1.54) is 7.11 Å². The minimum atomic E-state index is -2.87. The van der Waals surface area contributed by atoms with Crippen LogP contribution >= 0.6 is 0 Å². The van der Waals surface area contributed by atoms with Crippen molar-refractivity contribution in [2.75, 3.05) is 20.3 Å². The second-order valence-corrected chi connectivity index (χ2v) is 5.11. The van der Waals surface area contributed by atoms with Crippen LogP contribution in [-0.4, -0.2) is 43.9 Å². The molecule has 0 unspecified atom stereocenters. The average molecular weight is 301 g/mol. The predicted molar refractivity (Wildman–Crippen MR) is 74.9 cm³/mol. The van der Waals surface area contributed by atoms with Crippen LogP contribution in [0.15, 0.2) is 18.2 Å². The molecule has 0 bridgehead atoms. The molecule has 0 spiro atoms. The van der Waals surface area contributed by atoms with E-state index >= 15 is 0 Å². The Morgan fingerprint density at radius 3 is 2.81 bits per heavy atom. The van der Waals surface area contributed by atoms with Crippen LogP contribution in [0, 0.1) is 0 Å². The lowest BCUT2D eigenvalue weighted by molar-refractivity contribution is -0.0629. The van der Waals surface area contributed by atoms with Crippen molar-refractivity contribution in [2.24, 2.45) is 0 Å². The van der Waals surface area contributed by atoms with Gasteiger partial charge in [0.1, 0.15) is 0 Å². The lowest BCUT2D eigenvalue weighted by Gasteiger charge is -2.38. The van der Waals surface area contributed by atoms with Crippen LogP contribution in [0.4, 0.5) is 8.78 Å². The predicted octanol–water partition coefficient (Wildman–Crippen LogP) is 2.91. The van der Waals surface area contributed by atoms with Gasteiger partial charge >= 0.3 is 6.61 Å². The molecule has 0 amide bonds. The van der Waals surface area contributed by atoms with Crippen molar-refractivity contribution in [2.45, 2.75) is 39.1 Å². The highest BCUT2D eigenvalue weighted by molar-refractivity contribution is 5.46. The molecular formula is C15H21F2NO3. The first-order valence-corrected chi connectivity index (χ1v) is 6.99. The van der Waals surface area contributed by atoms with Gasteiger partial charge < -0.3 is 14.2 Å². The van der Waals surface area contributed by atoms with E-state index in [4.69, 9.17) is 9.47 Å². The van der Waals surface area contributed by atoms with Gasteiger partial charge in [-0.2, -0.15) is 8.78 Å². The van der Waals surface area contributed by atoms with Crippen molar-refractivity contribution >= 4 is 0 Å². The molecule has 6 heteroatoms. The van der Waals surface area contributed by atoms with Crippen molar-refractivity contribution in [3.63, 3.8) is 0 Å². The van der Waals surface area contributed by atoms with Crippen LogP contribution in [-0.2, 0) is 11.3 Å². The molecule has 0 N–H and O–H groups in total. The van der Waals surface area contributed by atoms with Crippen LogP contribution < -0.4 is 9.47 Å². The number of rotatable bonds is 5. The molecule has 1 saturated heterocycles. The largest absolute Gasteiger partial charge is 0.493 e. The molecule has 0 aromatic heterocycles. The van der Waals surface area contributed by atoms with Crippen LogP contribution in [0.25, 0.3) is 0 Å². The molecule has 118 valence electrons. The number of para-hydroxylation sites is 1. The van der Waals surface area contributed by atoms with Crippen molar-refractivity contribution in [1.29, 1.82) is 0 Å². The summed E-state index contributed by atoms with van der Waals surface area (Å²) in [6.07, 6.45) is 0.115. The Bertz CT molecular complexity index is 470. The number of ether oxygens (including phenoxy) is 3. The van der Waals surface area contributed by atoms with Gasteiger partial charge in [0.25, 0.3) is 0 Å². The van der Waals surface area contributed by atoms with Gasteiger partial charge in [-0.3, -0.25) is 4.90 Å². The zero-order chi connectivity index (χ0) is 15.4. The van der Waals surface area contributed by atoms with E-state index in [9.17, 15) is 8.78 Å². The molecule has 1 aliphatic rings. The highest BCUT2D eigenvalue weighted by atomic mass is 19.3. The molecule has 1 aromatic carbocycles. The molecule has 0 aliphatic carbocycles. The summed E-state index contributed by atoms with van der Waals surface area (Å²) in [7, 11) is 1.44. The van der Waals surface area contributed by atoms with Crippen molar-refractivity contribution in [3.8, 4) is 11.5 Å². The van der Waals surface area contributed by atoms with Gasteiger partial charge in [-0.1, -0.05) is 12.1 Å². The van der Waals surface area contributed by atoms with Gasteiger partial charge in [-0.05, 0) is 19.9 Å². The number of halogens is 2. The maximum absolute atomic E-state index is 12.6. The number of nitrogens with zero attached hydrogens (tertiary/aromatic N) is 1. The Kier molecular flexibility index (Phi) is 5.36. The Balaban J connectivity index is 2.22. The van der Waals surface area contributed by atoms with Crippen molar-refractivity contribution in [3.05, 3.63) is 23.8 Å². The summed E-state index contributed by atoms with van der Waals surface area (Å²) in [5.41, 5.74) is 0.690. The third-order valence-electron chi connectivity index (χ3n) is 3.88. The van der Waals surface area contributed by atoms with E-state index in [1.54, 1.807) is 18.2 Å². The number of methoxy groups -OCH3 is 1. The van der Waals surface area contributed by atoms with E-state index in [-0.39, 0.29) is 17.9 Å². The van der Waals surface area contributed by atoms with Gasteiger partial charge in [-0.25, -0.2) is 0 Å². The second-order valence-electron chi connectivity index (χ2n) is 5.11. The molecule has 2 atom stereocenters. The minimum absolute atomic E-state index is 0.112. The van der Waals surface area contributed by atoms with Gasteiger partial charge in [-0.15, -0.1) is 0 Å². The zero-order valence-corrected chi connectivity index (χ0v) is 12.5. The third kappa shape index (κ3) is 3.83. The summed E-state index contributed by atoms with van der Waals surface area (Å²) < 4.78 is 40.6. The van der Waals surface area contributed by atoms with E-state index in [0.29, 0.717) is 24.5 Å². The summed E-state index contributed by atoms with van der Waals surface area (Å²) in [4.78, 5) is 2.20. The second kappa shape index (κ2) is 7.04. The molecule has 1 aliphatic heterocycles. The highest BCUT2D eigenvalue weighted by Crippen LogP contribution is 2.34. The Morgan fingerprint density at radius 2 is 2.14 bits per heavy atom. The van der Waals surface area contributed by atoms with Gasteiger partial charge in [0.05, 0.1) is 19.8 Å². The van der Waals surface area contributed by atoms with E-state index in [1.807, 2.05) is 6.92 Å². The van der Waals surface area contributed by atoms with E-state index in [2.05, 4.69) is 16.6 Å². The third-order valence-corrected chi connectivity index (χ3v) is 3.88. The molecule has 4 nitrogen and oxygen atoms in total. The minimum Gasteiger partial charge on any atom is -0.493 e. The van der Waals surface area contributed by atoms with Gasteiger partial charge in [0.15, 0.2) is 11.5 Å². The summed E-state index contributed by atoms with van der Waals surface area (Å²) >= 11 is 0. The van der Waals surface area contributed by atoms with Crippen molar-refractivity contribution in [1.82, 2.24) is 4.90 Å². The summed E-state index contributed by atoms with van der Waals surface area (Å²) in [6.45, 7) is 3.13. The highest BCUT2D eigenvalue weighted by Gasteiger charge is 2.27. The van der Waals surface area contributed by atoms with Crippen LogP contribution in [0.2, 0.25) is 0 Å². The average Bonchev–Trinajstić information content (AvgIpc) is 2.45. The summed E-state index contributed by atoms with van der Waals surface area (Å²) in [5, 5.41) is 0. The Labute approximate surface area is 123 Å². The normalized spacial score (nSPS) is 23.3. The molecular weight excluding hydrogens is 280 g/mol. The SMILES string of the molecule is COc1cccc(CN2CCO[C@@H](C)[C@H]2C)c1OC(F)F. The molecule has 21 heavy (non-hydrogen) atoms. The van der Waals surface area contributed by atoms with Crippen molar-refractivity contribution < 1.29 is 23.0 Å². The molecule has 1 aromatic rings. The number of hydrogen-bond donors (Lipinski definition) is 0. The summed E-state index contributed by atoms with van der Waals surface area (Å²) in [5.74, 6) is 0.433. The maximum Gasteiger partial charge on any atom is 0.387 e. The van der Waals surface area contributed by atoms with Crippen LogP contribution in [0.5, 0.6) is 11.5 Å². The number of morpholine rings is 1. The molecule has 1 fully saturated rings. The monoisotopic (exact) mass is 301 g/mol. The lowest BCUT2D eigenvalue weighted by atomic mass is 10.1. The Hall–Kier alpha value is -1.40.